The first-order valence-electron chi connectivity index (χ1n) is 13.0. The number of nitrogens with zero attached hydrogens (tertiary/aromatic N) is 1. The van der Waals surface area contributed by atoms with Crippen LogP contribution in [0.25, 0.3) is 11.1 Å². The van der Waals surface area contributed by atoms with Gasteiger partial charge in [-0.1, -0.05) is 66.7 Å². The summed E-state index contributed by atoms with van der Waals surface area (Å²) in [6.07, 6.45) is 4.37. The molecule has 0 saturated heterocycles. The zero-order valence-corrected chi connectivity index (χ0v) is 21.7. The van der Waals surface area contributed by atoms with E-state index in [1.165, 1.54) is 16.4 Å². The fourth-order valence-electron chi connectivity index (χ4n) is 5.13. The van der Waals surface area contributed by atoms with Crippen LogP contribution in [0.15, 0.2) is 105 Å². The second-order valence-corrected chi connectivity index (χ2v) is 12.2. The van der Waals surface area contributed by atoms with Gasteiger partial charge < -0.3 is 9.52 Å². The molecule has 7 heteroatoms. The molecule has 0 aliphatic heterocycles. The number of sulfonamides is 1. The highest BCUT2D eigenvalue weighted by atomic mass is 32.2. The third-order valence-corrected chi connectivity index (χ3v) is 9.43. The lowest BCUT2D eigenvalue weighted by Gasteiger charge is -2.26. The zero-order chi connectivity index (χ0) is 26.3. The summed E-state index contributed by atoms with van der Waals surface area (Å²) in [5, 5.41) is 11.1. The summed E-state index contributed by atoms with van der Waals surface area (Å²) >= 11 is 0. The monoisotopic (exact) mass is 527 g/mol. The van der Waals surface area contributed by atoms with Gasteiger partial charge in [-0.25, -0.2) is 13.2 Å². The minimum atomic E-state index is -4.05. The van der Waals surface area contributed by atoms with E-state index in [2.05, 4.69) is 0 Å². The predicted molar refractivity (Wildman–Crippen MR) is 147 cm³/mol. The number of rotatable bonds is 9. The van der Waals surface area contributed by atoms with Gasteiger partial charge in [0, 0.05) is 23.6 Å². The Morgan fingerprint density at radius 3 is 2.16 bits per heavy atom. The van der Waals surface area contributed by atoms with E-state index in [4.69, 9.17) is 4.42 Å². The maximum atomic E-state index is 14.1. The number of aromatic hydroxyl groups is 1. The summed E-state index contributed by atoms with van der Waals surface area (Å²) in [4.78, 5) is 13.3. The van der Waals surface area contributed by atoms with Crippen LogP contribution >= 0.6 is 0 Å². The van der Waals surface area contributed by atoms with Crippen LogP contribution in [0, 0.1) is 5.92 Å². The van der Waals surface area contributed by atoms with Gasteiger partial charge in [-0.2, -0.15) is 0 Å². The molecule has 4 aromatic rings. The molecule has 1 aromatic heterocycles. The van der Waals surface area contributed by atoms with Crippen LogP contribution in [0.5, 0.6) is 5.75 Å². The van der Waals surface area contributed by atoms with Crippen molar-refractivity contribution in [2.75, 3.05) is 10.8 Å². The van der Waals surface area contributed by atoms with Crippen LogP contribution in [0.4, 0.5) is 5.69 Å². The van der Waals surface area contributed by atoms with Crippen LogP contribution in [0.3, 0.4) is 0 Å². The topological polar surface area (TPSA) is 87.8 Å². The highest BCUT2D eigenvalue weighted by Crippen LogP contribution is 2.51. The molecule has 2 fully saturated rings. The van der Waals surface area contributed by atoms with Crippen molar-refractivity contribution in [3.63, 3.8) is 0 Å². The van der Waals surface area contributed by atoms with Crippen molar-refractivity contribution in [2.45, 2.75) is 42.4 Å². The van der Waals surface area contributed by atoms with Crippen molar-refractivity contribution in [1.29, 1.82) is 0 Å². The maximum absolute atomic E-state index is 14.1. The van der Waals surface area contributed by atoms with E-state index in [1.807, 2.05) is 36.4 Å². The SMILES string of the molecule is O=c1oc(C2(Cc3ccccc3)CC2)cc(O)c1-c1ccccc1S(=O)(=O)N(CC1CC1)c1ccccc1. The molecular weight excluding hydrogens is 498 g/mol. The van der Waals surface area contributed by atoms with E-state index >= 15 is 0 Å². The molecule has 2 saturated carbocycles. The summed E-state index contributed by atoms with van der Waals surface area (Å²) in [5.74, 6) is 0.466. The number of benzene rings is 3. The zero-order valence-electron chi connectivity index (χ0n) is 20.9. The molecule has 0 atom stereocenters. The van der Waals surface area contributed by atoms with Crippen molar-refractivity contribution >= 4 is 15.7 Å². The molecule has 6 nitrogen and oxygen atoms in total. The normalized spacial score (nSPS) is 16.2. The number of anilines is 1. The average molecular weight is 528 g/mol. The van der Waals surface area contributed by atoms with Gasteiger partial charge in [-0.05, 0) is 61.8 Å². The van der Waals surface area contributed by atoms with Crippen molar-refractivity contribution in [3.05, 3.63) is 113 Å². The Bertz CT molecular complexity index is 1620. The Kier molecular flexibility index (Phi) is 6.11. The first-order chi connectivity index (χ1) is 18.4. The van der Waals surface area contributed by atoms with E-state index in [9.17, 15) is 18.3 Å². The third kappa shape index (κ3) is 4.63. The Morgan fingerprint density at radius 2 is 1.53 bits per heavy atom. The molecule has 0 amide bonds. The third-order valence-electron chi connectivity index (χ3n) is 7.58. The quantitative estimate of drug-likeness (QED) is 0.293. The number of hydrogen-bond acceptors (Lipinski definition) is 5. The Morgan fingerprint density at radius 1 is 0.895 bits per heavy atom. The number of para-hydroxylation sites is 1. The second-order valence-electron chi connectivity index (χ2n) is 10.4. The molecule has 1 N–H and O–H groups in total. The Labute approximate surface area is 222 Å². The fourth-order valence-corrected chi connectivity index (χ4v) is 6.87. The summed E-state index contributed by atoms with van der Waals surface area (Å²) in [5.41, 5.74) is 0.617. The van der Waals surface area contributed by atoms with E-state index in [0.29, 0.717) is 30.3 Å². The lowest BCUT2D eigenvalue weighted by Crippen LogP contribution is -2.33. The van der Waals surface area contributed by atoms with Crippen LogP contribution in [-0.2, 0) is 21.9 Å². The summed E-state index contributed by atoms with van der Waals surface area (Å²) < 4.78 is 35.3. The molecule has 0 spiro atoms. The summed E-state index contributed by atoms with van der Waals surface area (Å²) in [6, 6.07) is 26.8. The Balaban J connectivity index is 1.40. The van der Waals surface area contributed by atoms with Gasteiger partial charge in [0.25, 0.3) is 10.0 Å². The van der Waals surface area contributed by atoms with Gasteiger partial charge in [0.2, 0.25) is 0 Å². The molecule has 2 aliphatic rings. The van der Waals surface area contributed by atoms with Gasteiger partial charge in [0.05, 0.1) is 10.6 Å². The molecule has 38 heavy (non-hydrogen) atoms. The van der Waals surface area contributed by atoms with Gasteiger partial charge in [-0.15, -0.1) is 0 Å². The van der Waals surface area contributed by atoms with Crippen molar-refractivity contribution in [2.24, 2.45) is 5.92 Å². The van der Waals surface area contributed by atoms with Gasteiger partial charge >= 0.3 is 5.63 Å². The summed E-state index contributed by atoms with van der Waals surface area (Å²) in [6.45, 7) is 0.363. The molecule has 0 bridgehead atoms. The van der Waals surface area contributed by atoms with Crippen LogP contribution in [0.2, 0.25) is 0 Å². The van der Waals surface area contributed by atoms with Crippen LogP contribution in [-0.4, -0.2) is 20.1 Å². The second kappa shape index (κ2) is 9.48. The molecule has 3 aromatic carbocycles. The minimum Gasteiger partial charge on any atom is -0.507 e. The lowest BCUT2D eigenvalue weighted by molar-refractivity contribution is 0.392. The minimum absolute atomic E-state index is 0.0368. The highest BCUT2D eigenvalue weighted by molar-refractivity contribution is 7.93. The first kappa shape index (κ1) is 24.5. The molecule has 0 unspecified atom stereocenters. The van der Waals surface area contributed by atoms with E-state index in [-0.39, 0.29) is 27.2 Å². The van der Waals surface area contributed by atoms with Crippen molar-refractivity contribution in [1.82, 2.24) is 0 Å². The van der Waals surface area contributed by atoms with Gasteiger partial charge in [0.15, 0.2) is 0 Å². The van der Waals surface area contributed by atoms with Crippen LogP contribution < -0.4 is 9.93 Å². The molecular formula is C31H29NO5S. The van der Waals surface area contributed by atoms with E-state index in [0.717, 1.165) is 31.2 Å². The molecule has 6 rings (SSSR count). The van der Waals surface area contributed by atoms with Crippen LogP contribution in [0.1, 0.15) is 37.0 Å². The largest absolute Gasteiger partial charge is 0.507 e. The molecule has 0 radical (unpaired) electrons. The highest BCUT2D eigenvalue weighted by Gasteiger charge is 2.47. The molecule has 2 aliphatic carbocycles. The predicted octanol–water partition coefficient (Wildman–Crippen LogP) is 5.89. The smallest absolute Gasteiger partial charge is 0.347 e. The fraction of sp³-hybridized carbons (Fsp3) is 0.258. The maximum Gasteiger partial charge on any atom is 0.347 e. The molecule has 194 valence electrons. The summed E-state index contributed by atoms with van der Waals surface area (Å²) in [7, 11) is -4.05. The van der Waals surface area contributed by atoms with Gasteiger partial charge in [0.1, 0.15) is 17.1 Å². The Hall–Kier alpha value is -3.84. The van der Waals surface area contributed by atoms with E-state index < -0.39 is 15.6 Å². The van der Waals surface area contributed by atoms with Crippen molar-refractivity contribution in [3.8, 4) is 16.9 Å². The lowest BCUT2D eigenvalue weighted by atomic mass is 9.93. The van der Waals surface area contributed by atoms with Crippen molar-refractivity contribution < 1.29 is 17.9 Å². The van der Waals surface area contributed by atoms with E-state index in [1.54, 1.807) is 42.5 Å². The number of hydrogen-bond donors (Lipinski definition) is 1. The van der Waals surface area contributed by atoms with Gasteiger partial charge in [-0.3, -0.25) is 4.31 Å². The first-order valence-corrected chi connectivity index (χ1v) is 14.4. The standard InChI is InChI=1S/C31H29NO5S/c33-26-19-28(31(17-18-31)20-22-9-3-1-4-10-22)37-30(34)29(26)25-13-7-8-14-27(25)38(35,36)32(21-23-15-16-23)24-11-5-2-6-12-24/h1-14,19,23,33H,15-18,20-21H2. The average Bonchev–Trinajstić information content (AvgIpc) is 3.85. The molecule has 1 heterocycles.